The van der Waals surface area contributed by atoms with Gasteiger partial charge in [0.25, 0.3) is 5.91 Å². The van der Waals surface area contributed by atoms with Crippen LogP contribution in [-0.4, -0.2) is 35.0 Å². The number of aliphatic carboxylic acids is 1. The molecule has 1 aromatic rings. The van der Waals surface area contributed by atoms with Gasteiger partial charge in [0.15, 0.2) is 0 Å². The lowest BCUT2D eigenvalue weighted by atomic mass is 10.1. The normalized spacial score (nSPS) is 19.0. The van der Waals surface area contributed by atoms with Crippen molar-refractivity contribution in [2.24, 2.45) is 5.92 Å². The number of rotatable bonds is 2. The maximum atomic E-state index is 12.2. The first-order valence-corrected chi connectivity index (χ1v) is 6.63. The van der Waals surface area contributed by atoms with Crippen LogP contribution in [0.4, 0.5) is 0 Å². The third-order valence-corrected chi connectivity index (χ3v) is 3.81. The van der Waals surface area contributed by atoms with E-state index < -0.39 is 11.9 Å². The third-order valence-electron chi connectivity index (χ3n) is 2.98. The monoisotopic (exact) mass is 331 g/mol. The quantitative estimate of drug-likeness (QED) is 0.906. The van der Waals surface area contributed by atoms with Crippen LogP contribution in [0.15, 0.2) is 22.7 Å². The number of carbonyl (C=O) groups is 2. The Hall–Kier alpha value is -1.07. The largest absolute Gasteiger partial charge is 0.481 e. The number of halogens is 2. The summed E-state index contributed by atoms with van der Waals surface area (Å²) in [6.45, 7) is 0.704. The number of likely N-dealkylation sites (tertiary alicyclic amines) is 1. The average Bonchev–Trinajstić information content (AvgIpc) is 2.81. The van der Waals surface area contributed by atoms with Crippen LogP contribution in [0.25, 0.3) is 0 Å². The third kappa shape index (κ3) is 2.67. The summed E-state index contributed by atoms with van der Waals surface area (Å²) in [4.78, 5) is 24.6. The Morgan fingerprint density at radius 2 is 2.17 bits per heavy atom. The van der Waals surface area contributed by atoms with Crippen molar-refractivity contribution in [2.45, 2.75) is 6.42 Å². The molecule has 2 rings (SSSR count). The van der Waals surface area contributed by atoms with Crippen LogP contribution in [0.1, 0.15) is 16.8 Å². The molecule has 1 atom stereocenters. The summed E-state index contributed by atoms with van der Waals surface area (Å²) in [5.74, 6) is -1.55. The van der Waals surface area contributed by atoms with Gasteiger partial charge in [-0.05, 0) is 24.6 Å². The number of hydrogen-bond donors (Lipinski definition) is 1. The van der Waals surface area contributed by atoms with Gasteiger partial charge in [-0.1, -0.05) is 27.5 Å². The number of carboxylic acid groups (broad SMARTS) is 1. The molecule has 0 bridgehead atoms. The molecule has 1 amide bonds. The zero-order valence-electron chi connectivity index (χ0n) is 9.40. The predicted molar refractivity (Wildman–Crippen MR) is 70.8 cm³/mol. The van der Waals surface area contributed by atoms with Crippen molar-refractivity contribution in [1.29, 1.82) is 0 Å². The summed E-state index contributed by atoms with van der Waals surface area (Å²) in [7, 11) is 0. The Morgan fingerprint density at radius 3 is 2.78 bits per heavy atom. The molecule has 1 fully saturated rings. The van der Waals surface area contributed by atoms with E-state index in [-0.39, 0.29) is 12.5 Å². The average molecular weight is 333 g/mol. The molecule has 1 aliphatic heterocycles. The molecule has 1 heterocycles. The Balaban J connectivity index is 2.17. The smallest absolute Gasteiger partial charge is 0.308 e. The van der Waals surface area contributed by atoms with E-state index in [0.717, 1.165) is 4.47 Å². The molecule has 0 saturated carbocycles. The summed E-state index contributed by atoms with van der Waals surface area (Å²) in [5.41, 5.74) is 0.400. The van der Waals surface area contributed by atoms with Gasteiger partial charge < -0.3 is 10.0 Å². The van der Waals surface area contributed by atoms with E-state index in [4.69, 9.17) is 16.7 Å². The predicted octanol–water partition coefficient (Wildman–Crippen LogP) is 2.65. The molecule has 0 radical (unpaired) electrons. The highest BCUT2D eigenvalue weighted by Crippen LogP contribution is 2.25. The Labute approximate surface area is 118 Å². The topological polar surface area (TPSA) is 57.6 Å². The number of benzene rings is 1. The standard InChI is InChI=1S/C12H11BrClNO3/c13-8-1-2-10(14)9(5-8)11(16)15-4-3-7(6-15)12(17)18/h1-2,5,7H,3-4,6H2,(H,17,18)/t7-/m1/s1. The molecule has 1 aromatic carbocycles. The summed E-state index contributed by atoms with van der Waals surface area (Å²) in [6, 6.07) is 5.05. The molecule has 0 spiro atoms. The van der Waals surface area contributed by atoms with Crippen LogP contribution in [0.2, 0.25) is 5.02 Å². The van der Waals surface area contributed by atoms with E-state index in [1.165, 1.54) is 4.90 Å². The molecular formula is C12H11BrClNO3. The number of carbonyl (C=O) groups excluding carboxylic acids is 1. The zero-order chi connectivity index (χ0) is 13.3. The second-order valence-corrected chi connectivity index (χ2v) is 5.52. The van der Waals surface area contributed by atoms with Gasteiger partial charge in [-0.15, -0.1) is 0 Å². The van der Waals surface area contributed by atoms with Crippen molar-refractivity contribution in [1.82, 2.24) is 4.90 Å². The first-order chi connectivity index (χ1) is 8.49. The van der Waals surface area contributed by atoms with E-state index in [0.29, 0.717) is 23.6 Å². The molecule has 1 aliphatic rings. The minimum Gasteiger partial charge on any atom is -0.481 e. The minimum atomic E-state index is -0.856. The molecule has 96 valence electrons. The van der Waals surface area contributed by atoms with Crippen LogP contribution in [0.5, 0.6) is 0 Å². The van der Waals surface area contributed by atoms with Gasteiger partial charge in [-0.3, -0.25) is 9.59 Å². The van der Waals surface area contributed by atoms with Crippen LogP contribution < -0.4 is 0 Å². The van der Waals surface area contributed by atoms with E-state index in [1.807, 2.05) is 0 Å². The molecule has 0 aromatic heterocycles. The summed E-state index contributed by atoms with van der Waals surface area (Å²) >= 11 is 9.27. The Morgan fingerprint density at radius 1 is 1.44 bits per heavy atom. The Bertz CT molecular complexity index is 506. The molecular weight excluding hydrogens is 321 g/mol. The molecule has 1 saturated heterocycles. The maximum absolute atomic E-state index is 12.2. The summed E-state index contributed by atoms with van der Waals surface area (Å²) in [5, 5.41) is 9.29. The van der Waals surface area contributed by atoms with Gasteiger partial charge in [-0.2, -0.15) is 0 Å². The fraction of sp³-hybridized carbons (Fsp3) is 0.333. The van der Waals surface area contributed by atoms with Gasteiger partial charge in [0.2, 0.25) is 0 Å². The van der Waals surface area contributed by atoms with E-state index in [2.05, 4.69) is 15.9 Å². The van der Waals surface area contributed by atoms with Gasteiger partial charge >= 0.3 is 5.97 Å². The van der Waals surface area contributed by atoms with Crippen LogP contribution >= 0.6 is 27.5 Å². The first kappa shape index (κ1) is 13.4. The lowest BCUT2D eigenvalue weighted by molar-refractivity contribution is -0.141. The van der Waals surface area contributed by atoms with Crippen LogP contribution in [0, 0.1) is 5.92 Å². The zero-order valence-corrected chi connectivity index (χ0v) is 11.7. The number of carboxylic acids is 1. The van der Waals surface area contributed by atoms with Crippen molar-refractivity contribution in [2.75, 3.05) is 13.1 Å². The van der Waals surface area contributed by atoms with Crippen molar-refractivity contribution in [3.8, 4) is 0 Å². The van der Waals surface area contributed by atoms with E-state index in [1.54, 1.807) is 18.2 Å². The maximum Gasteiger partial charge on any atom is 0.308 e. The second kappa shape index (κ2) is 5.28. The number of hydrogen-bond acceptors (Lipinski definition) is 2. The van der Waals surface area contributed by atoms with E-state index in [9.17, 15) is 9.59 Å². The fourth-order valence-corrected chi connectivity index (χ4v) is 2.54. The second-order valence-electron chi connectivity index (χ2n) is 4.20. The van der Waals surface area contributed by atoms with Crippen molar-refractivity contribution in [3.05, 3.63) is 33.3 Å². The van der Waals surface area contributed by atoms with Gasteiger partial charge in [-0.25, -0.2) is 0 Å². The molecule has 6 heteroatoms. The summed E-state index contributed by atoms with van der Waals surface area (Å²) in [6.07, 6.45) is 0.493. The molecule has 4 nitrogen and oxygen atoms in total. The molecule has 18 heavy (non-hydrogen) atoms. The summed E-state index contributed by atoms with van der Waals surface area (Å²) < 4.78 is 0.768. The van der Waals surface area contributed by atoms with Gasteiger partial charge in [0, 0.05) is 17.6 Å². The first-order valence-electron chi connectivity index (χ1n) is 5.46. The lowest BCUT2D eigenvalue weighted by Crippen LogP contribution is -2.30. The van der Waals surface area contributed by atoms with Crippen LogP contribution in [-0.2, 0) is 4.79 Å². The van der Waals surface area contributed by atoms with Gasteiger partial charge in [0.1, 0.15) is 0 Å². The highest BCUT2D eigenvalue weighted by molar-refractivity contribution is 9.10. The molecule has 1 N–H and O–H groups in total. The van der Waals surface area contributed by atoms with E-state index >= 15 is 0 Å². The molecule has 0 unspecified atom stereocenters. The van der Waals surface area contributed by atoms with Crippen molar-refractivity contribution >= 4 is 39.4 Å². The minimum absolute atomic E-state index is 0.218. The lowest BCUT2D eigenvalue weighted by Gasteiger charge is -2.16. The SMILES string of the molecule is O=C(O)[C@@H]1CCN(C(=O)c2cc(Br)ccc2Cl)C1. The molecule has 0 aliphatic carbocycles. The van der Waals surface area contributed by atoms with Crippen molar-refractivity contribution < 1.29 is 14.7 Å². The number of amides is 1. The highest BCUT2D eigenvalue weighted by atomic mass is 79.9. The van der Waals surface area contributed by atoms with Crippen LogP contribution in [0.3, 0.4) is 0 Å². The Kier molecular flexibility index (Phi) is 3.92. The highest BCUT2D eigenvalue weighted by Gasteiger charge is 2.31. The van der Waals surface area contributed by atoms with Crippen molar-refractivity contribution in [3.63, 3.8) is 0 Å². The number of nitrogens with zero attached hydrogens (tertiary/aromatic N) is 1. The fourth-order valence-electron chi connectivity index (χ4n) is 1.98. The van der Waals surface area contributed by atoms with Gasteiger partial charge in [0.05, 0.1) is 16.5 Å².